The van der Waals surface area contributed by atoms with Crippen molar-refractivity contribution in [3.8, 4) is 0 Å². The van der Waals surface area contributed by atoms with Gasteiger partial charge in [0.25, 0.3) is 0 Å². The highest BCUT2D eigenvalue weighted by atomic mass is 16.4. The highest BCUT2D eigenvalue weighted by Crippen LogP contribution is 2.22. The summed E-state index contributed by atoms with van der Waals surface area (Å²) in [6, 6.07) is 11.3. The van der Waals surface area contributed by atoms with Crippen molar-refractivity contribution in [2.75, 3.05) is 31.1 Å². The number of piperazine rings is 1. The highest BCUT2D eigenvalue weighted by molar-refractivity contribution is 5.87. The zero-order valence-electron chi connectivity index (χ0n) is 13.9. The van der Waals surface area contributed by atoms with Gasteiger partial charge < -0.3 is 19.9 Å². The quantitative estimate of drug-likeness (QED) is 0.764. The van der Waals surface area contributed by atoms with Crippen molar-refractivity contribution in [1.82, 2.24) is 14.9 Å². The molecule has 6 heteroatoms. The van der Waals surface area contributed by atoms with Crippen LogP contribution in [0.1, 0.15) is 15.9 Å². The van der Waals surface area contributed by atoms with Crippen molar-refractivity contribution in [2.45, 2.75) is 6.54 Å². The van der Waals surface area contributed by atoms with Crippen LogP contribution < -0.4 is 10.2 Å². The van der Waals surface area contributed by atoms with Gasteiger partial charge in [0, 0.05) is 44.3 Å². The van der Waals surface area contributed by atoms with Gasteiger partial charge in [0.05, 0.1) is 17.4 Å². The topological polar surface area (TPSA) is 70.4 Å². The smallest absolute Gasteiger partial charge is 0.335 e. The number of carboxylic acid groups (broad SMARTS) is 1. The number of nitrogens with one attached hydrogen (secondary N) is 1. The molecule has 0 atom stereocenters. The molecule has 25 heavy (non-hydrogen) atoms. The number of fused-ring (bicyclic) bond motifs is 1. The normalized spacial score (nSPS) is 14.8. The number of hydrogen-bond acceptors (Lipinski definition) is 4. The predicted octanol–water partition coefficient (Wildman–Crippen LogP) is 2.19. The van der Waals surface area contributed by atoms with Gasteiger partial charge >= 0.3 is 5.97 Å². The molecule has 1 saturated heterocycles. The zero-order valence-corrected chi connectivity index (χ0v) is 13.9. The van der Waals surface area contributed by atoms with E-state index in [9.17, 15) is 4.79 Å². The molecule has 3 heterocycles. The van der Waals surface area contributed by atoms with Gasteiger partial charge in [0.15, 0.2) is 0 Å². The van der Waals surface area contributed by atoms with Gasteiger partial charge in [-0.15, -0.1) is 0 Å². The maximum atomic E-state index is 10.9. The molecule has 1 aliphatic rings. The van der Waals surface area contributed by atoms with E-state index in [1.165, 1.54) is 0 Å². The van der Waals surface area contributed by atoms with Crippen LogP contribution in [0.5, 0.6) is 0 Å². The zero-order chi connectivity index (χ0) is 17.2. The second kappa shape index (κ2) is 6.57. The molecule has 128 valence electrons. The Kier molecular flexibility index (Phi) is 4.11. The highest BCUT2D eigenvalue weighted by Gasteiger charge is 2.12. The predicted molar refractivity (Wildman–Crippen MR) is 97.3 cm³/mol. The van der Waals surface area contributed by atoms with Gasteiger partial charge in [-0.05, 0) is 29.8 Å². The number of rotatable bonds is 4. The van der Waals surface area contributed by atoms with Gasteiger partial charge in [0.1, 0.15) is 5.65 Å². The summed E-state index contributed by atoms with van der Waals surface area (Å²) >= 11 is 0. The van der Waals surface area contributed by atoms with Crippen LogP contribution in [0, 0.1) is 0 Å². The van der Waals surface area contributed by atoms with Gasteiger partial charge in [-0.3, -0.25) is 0 Å². The molecule has 6 nitrogen and oxygen atoms in total. The van der Waals surface area contributed by atoms with Crippen LogP contribution >= 0.6 is 0 Å². The molecule has 2 N–H and O–H groups in total. The average Bonchev–Trinajstić information content (AvgIpc) is 3.05. The maximum absolute atomic E-state index is 10.9. The van der Waals surface area contributed by atoms with Crippen molar-refractivity contribution in [3.63, 3.8) is 0 Å². The summed E-state index contributed by atoms with van der Waals surface area (Å²) in [7, 11) is 0. The SMILES string of the molecule is O=C(O)c1ccc(Cn2ccc3cc(N4CCNCC4)cnc32)cc1. The number of carbonyl (C=O) groups is 1. The van der Waals surface area contributed by atoms with Gasteiger partial charge in [-0.2, -0.15) is 0 Å². The Morgan fingerprint density at radius 1 is 1.16 bits per heavy atom. The summed E-state index contributed by atoms with van der Waals surface area (Å²) in [5.74, 6) is -0.903. The number of pyridine rings is 1. The van der Waals surface area contributed by atoms with Crippen LogP contribution in [0.2, 0.25) is 0 Å². The third kappa shape index (κ3) is 3.21. The summed E-state index contributed by atoms with van der Waals surface area (Å²) in [5.41, 5.74) is 3.47. The van der Waals surface area contributed by atoms with Gasteiger partial charge in [-0.25, -0.2) is 9.78 Å². The summed E-state index contributed by atoms with van der Waals surface area (Å²) in [5, 5.41) is 13.5. The molecular weight excluding hydrogens is 316 g/mol. The number of nitrogens with zero attached hydrogens (tertiary/aromatic N) is 3. The van der Waals surface area contributed by atoms with Gasteiger partial charge in [0.2, 0.25) is 0 Å². The first-order chi connectivity index (χ1) is 12.2. The second-order valence-electron chi connectivity index (χ2n) is 6.29. The maximum Gasteiger partial charge on any atom is 0.335 e. The van der Waals surface area contributed by atoms with E-state index < -0.39 is 5.97 Å². The molecule has 2 aromatic heterocycles. The molecule has 1 aromatic carbocycles. The lowest BCUT2D eigenvalue weighted by Crippen LogP contribution is -2.43. The van der Waals surface area contributed by atoms with E-state index in [2.05, 4.69) is 31.9 Å². The van der Waals surface area contributed by atoms with Crippen LogP contribution in [0.25, 0.3) is 11.0 Å². The minimum Gasteiger partial charge on any atom is -0.478 e. The first-order valence-electron chi connectivity index (χ1n) is 8.43. The van der Waals surface area contributed by atoms with Crippen LogP contribution in [0.15, 0.2) is 48.8 Å². The fourth-order valence-electron chi connectivity index (χ4n) is 3.24. The van der Waals surface area contributed by atoms with Crippen molar-refractivity contribution < 1.29 is 9.90 Å². The molecule has 1 aliphatic heterocycles. The minimum atomic E-state index is -0.903. The second-order valence-corrected chi connectivity index (χ2v) is 6.29. The standard InChI is InChI=1S/C19H20N4O2/c24-19(25)15-3-1-14(2-4-15)13-23-8-5-16-11-17(12-21-18(16)23)22-9-6-20-7-10-22/h1-5,8,11-12,20H,6-7,9-10,13H2,(H,24,25). The molecule has 0 spiro atoms. The number of anilines is 1. The Balaban J connectivity index is 1.57. The molecule has 3 aromatic rings. The summed E-state index contributed by atoms with van der Waals surface area (Å²) in [6.07, 6.45) is 3.97. The van der Waals surface area contributed by atoms with Crippen molar-refractivity contribution >= 4 is 22.7 Å². The van der Waals surface area contributed by atoms with E-state index >= 15 is 0 Å². The third-order valence-electron chi connectivity index (χ3n) is 4.62. The third-order valence-corrected chi connectivity index (χ3v) is 4.62. The number of aromatic nitrogens is 2. The van der Waals surface area contributed by atoms with Crippen molar-refractivity contribution in [2.24, 2.45) is 0 Å². The number of carboxylic acids is 1. The van der Waals surface area contributed by atoms with E-state index in [0.717, 1.165) is 48.5 Å². The van der Waals surface area contributed by atoms with E-state index in [4.69, 9.17) is 5.11 Å². The van der Waals surface area contributed by atoms with Crippen LogP contribution in [-0.4, -0.2) is 46.8 Å². The number of benzene rings is 1. The van der Waals surface area contributed by atoms with Crippen LogP contribution in [-0.2, 0) is 6.54 Å². The van der Waals surface area contributed by atoms with Crippen LogP contribution in [0.3, 0.4) is 0 Å². The summed E-state index contributed by atoms with van der Waals surface area (Å²) in [6.45, 7) is 4.69. The fraction of sp³-hybridized carbons (Fsp3) is 0.263. The first-order valence-corrected chi connectivity index (χ1v) is 8.43. The fourth-order valence-corrected chi connectivity index (χ4v) is 3.24. The monoisotopic (exact) mass is 336 g/mol. The molecule has 0 bridgehead atoms. The van der Waals surface area contributed by atoms with Crippen LogP contribution in [0.4, 0.5) is 5.69 Å². The number of hydrogen-bond donors (Lipinski definition) is 2. The molecule has 0 unspecified atom stereocenters. The van der Waals surface area contributed by atoms with Crippen molar-refractivity contribution in [1.29, 1.82) is 0 Å². The molecule has 1 fully saturated rings. The molecule has 0 aliphatic carbocycles. The largest absolute Gasteiger partial charge is 0.478 e. The number of aromatic carboxylic acids is 1. The summed E-state index contributed by atoms with van der Waals surface area (Å²) in [4.78, 5) is 18.0. The Morgan fingerprint density at radius 2 is 1.92 bits per heavy atom. The molecule has 0 saturated carbocycles. The summed E-state index contributed by atoms with van der Waals surface area (Å²) < 4.78 is 2.09. The molecule has 0 radical (unpaired) electrons. The Hall–Kier alpha value is -2.86. The minimum absolute atomic E-state index is 0.305. The Labute approximate surface area is 145 Å². The van der Waals surface area contributed by atoms with E-state index in [1.807, 2.05) is 24.5 Å². The Bertz CT molecular complexity index is 895. The first kappa shape index (κ1) is 15.7. The van der Waals surface area contributed by atoms with Crippen molar-refractivity contribution in [3.05, 3.63) is 59.9 Å². The lowest BCUT2D eigenvalue weighted by atomic mass is 10.1. The lowest BCUT2D eigenvalue weighted by Gasteiger charge is -2.29. The lowest BCUT2D eigenvalue weighted by molar-refractivity contribution is 0.0697. The molecule has 4 rings (SSSR count). The molecule has 0 amide bonds. The van der Waals surface area contributed by atoms with E-state index in [0.29, 0.717) is 12.1 Å². The Morgan fingerprint density at radius 3 is 2.64 bits per heavy atom. The average molecular weight is 336 g/mol. The van der Waals surface area contributed by atoms with Gasteiger partial charge in [-0.1, -0.05) is 12.1 Å². The van der Waals surface area contributed by atoms with E-state index in [-0.39, 0.29) is 0 Å². The molecular formula is C19H20N4O2. The van der Waals surface area contributed by atoms with E-state index in [1.54, 1.807) is 12.1 Å².